The molecule has 1 fully saturated rings. The van der Waals surface area contributed by atoms with Crippen LogP contribution in [0.5, 0.6) is 17.4 Å². The highest BCUT2D eigenvalue weighted by Gasteiger charge is 2.17. The molecule has 2 aromatic heterocycles. The molecule has 0 bridgehead atoms. The van der Waals surface area contributed by atoms with Crippen molar-refractivity contribution >= 4 is 17.4 Å². The van der Waals surface area contributed by atoms with Crippen molar-refractivity contribution < 1.29 is 9.47 Å². The van der Waals surface area contributed by atoms with E-state index in [1.165, 1.54) is 18.2 Å². The third kappa shape index (κ3) is 4.98. The normalized spacial score (nSPS) is 15.7. The van der Waals surface area contributed by atoms with Gasteiger partial charge in [-0.2, -0.15) is 4.98 Å². The topological polar surface area (TPSA) is 94.1 Å². The standard InChI is InChI=1S/C21H24N6O2S/c1-28-16-5-7-17(8-6-16)29-20-18(23-12-15-4-3-9-22-15)13-24-19(27-20)14-10-25-21(30-2)26-11-14/h5-8,10-11,13,15,22-23H,3-4,9,12H2,1-2H3/t15-/m0/s1. The van der Waals surface area contributed by atoms with Crippen LogP contribution in [0.1, 0.15) is 12.8 Å². The molecule has 156 valence electrons. The van der Waals surface area contributed by atoms with E-state index in [1.54, 1.807) is 25.7 Å². The SMILES string of the molecule is COc1ccc(Oc2nc(-c3cnc(SC)nc3)ncc2NC[C@@H]2CCCN2)cc1. The van der Waals surface area contributed by atoms with Crippen LogP contribution < -0.4 is 20.1 Å². The highest BCUT2D eigenvalue weighted by molar-refractivity contribution is 7.98. The van der Waals surface area contributed by atoms with E-state index >= 15 is 0 Å². The van der Waals surface area contributed by atoms with Crippen molar-refractivity contribution in [3.05, 3.63) is 42.9 Å². The zero-order valence-electron chi connectivity index (χ0n) is 17.0. The van der Waals surface area contributed by atoms with Gasteiger partial charge in [0.15, 0.2) is 11.0 Å². The summed E-state index contributed by atoms with van der Waals surface area (Å²) >= 11 is 1.49. The van der Waals surface area contributed by atoms with Crippen LogP contribution in [0.15, 0.2) is 48.0 Å². The Morgan fingerprint density at radius 3 is 2.53 bits per heavy atom. The minimum atomic E-state index is 0.436. The Hall–Kier alpha value is -2.91. The molecule has 0 aliphatic carbocycles. The van der Waals surface area contributed by atoms with E-state index in [-0.39, 0.29) is 0 Å². The number of hydrogen-bond acceptors (Lipinski definition) is 9. The van der Waals surface area contributed by atoms with Crippen molar-refractivity contribution in [2.24, 2.45) is 0 Å². The maximum absolute atomic E-state index is 6.10. The van der Waals surface area contributed by atoms with Gasteiger partial charge < -0.3 is 20.1 Å². The molecule has 4 rings (SSSR count). The van der Waals surface area contributed by atoms with E-state index in [9.17, 15) is 0 Å². The fourth-order valence-corrected chi connectivity index (χ4v) is 3.48. The molecule has 0 saturated carbocycles. The molecule has 2 N–H and O–H groups in total. The second-order valence-corrected chi connectivity index (χ2v) is 7.60. The first-order chi connectivity index (χ1) is 14.7. The predicted octanol–water partition coefficient (Wildman–Crippen LogP) is 3.62. The third-order valence-corrected chi connectivity index (χ3v) is 5.37. The summed E-state index contributed by atoms with van der Waals surface area (Å²) in [7, 11) is 1.63. The summed E-state index contributed by atoms with van der Waals surface area (Å²) in [6.45, 7) is 1.84. The first-order valence-corrected chi connectivity index (χ1v) is 11.0. The van der Waals surface area contributed by atoms with Crippen molar-refractivity contribution in [1.29, 1.82) is 0 Å². The lowest BCUT2D eigenvalue weighted by Crippen LogP contribution is -2.29. The first-order valence-electron chi connectivity index (χ1n) is 9.78. The molecule has 1 saturated heterocycles. The molecule has 8 nitrogen and oxygen atoms in total. The number of nitrogens with zero attached hydrogens (tertiary/aromatic N) is 4. The highest BCUT2D eigenvalue weighted by atomic mass is 32.2. The number of nitrogens with one attached hydrogen (secondary N) is 2. The number of ether oxygens (including phenoxy) is 2. The second-order valence-electron chi connectivity index (χ2n) is 6.82. The molecular weight excluding hydrogens is 400 g/mol. The zero-order valence-corrected chi connectivity index (χ0v) is 17.8. The molecule has 30 heavy (non-hydrogen) atoms. The minimum Gasteiger partial charge on any atom is -0.497 e. The summed E-state index contributed by atoms with van der Waals surface area (Å²) in [6.07, 6.45) is 9.48. The number of aromatic nitrogens is 4. The molecule has 0 unspecified atom stereocenters. The molecule has 1 atom stereocenters. The van der Waals surface area contributed by atoms with E-state index in [1.807, 2.05) is 30.5 Å². The number of methoxy groups -OCH3 is 1. The van der Waals surface area contributed by atoms with Crippen LogP contribution in [-0.4, -0.2) is 52.4 Å². The summed E-state index contributed by atoms with van der Waals surface area (Å²) in [5.74, 6) is 2.40. The number of benzene rings is 1. The Bertz CT molecular complexity index is 962. The number of thioether (sulfide) groups is 1. The van der Waals surface area contributed by atoms with E-state index in [2.05, 4.69) is 30.6 Å². The van der Waals surface area contributed by atoms with Gasteiger partial charge in [-0.05, 0) is 49.9 Å². The molecule has 0 radical (unpaired) electrons. The molecule has 1 aliphatic heterocycles. The van der Waals surface area contributed by atoms with Gasteiger partial charge in [-0.15, -0.1) is 0 Å². The molecular formula is C21H24N6O2S. The lowest BCUT2D eigenvalue weighted by atomic mass is 10.2. The van der Waals surface area contributed by atoms with E-state index in [0.29, 0.717) is 28.7 Å². The first kappa shape index (κ1) is 20.4. The summed E-state index contributed by atoms with van der Waals surface area (Å²) in [5.41, 5.74) is 1.47. The van der Waals surface area contributed by atoms with E-state index in [4.69, 9.17) is 9.47 Å². The fraction of sp³-hybridized carbons (Fsp3) is 0.333. The van der Waals surface area contributed by atoms with Crippen LogP contribution in [-0.2, 0) is 0 Å². The van der Waals surface area contributed by atoms with Crippen molar-refractivity contribution in [2.75, 3.05) is 31.8 Å². The van der Waals surface area contributed by atoms with Gasteiger partial charge in [0.1, 0.15) is 17.2 Å². The third-order valence-electron chi connectivity index (χ3n) is 4.80. The summed E-state index contributed by atoms with van der Waals surface area (Å²) in [6, 6.07) is 7.83. The van der Waals surface area contributed by atoms with Crippen molar-refractivity contribution in [1.82, 2.24) is 25.3 Å². The maximum atomic E-state index is 6.10. The lowest BCUT2D eigenvalue weighted by molar-refractivity contribution is 0.412. The van der Waals surface area contributed by atoms with Crippen LogP contribution in [0.2, 0.25) is 0 Å². The fourth-order valence-electron chi connectivity index (χ4n) is 3.16. The Morgan fingerprint density at radius 1 is 1.10 bits per heavy atom. The van der Waals surface area contributed by atoms with Gasteiger partial charge in [0.05, 0.1) is 18.9 Å². The summed E-state index contributed by atoms with van der Waals surface area (Å²) < 4.78 is 11.3. The van der Waals surface area contributed by atoms with Gasteiger partial charge in [-0.1, -0.05) is 11.8 Å². The smallest absolute Gasteiger partial charge is 0.246 e. The molecule has 3 aromatic rings. The van der Waals surface area contributed by atoms with Crippen LogP contribution in [0.3, 0.4) is 0 Å². The van der Waals surface area contributed by atoms with Gasteiger partial charge in [0, 0.05) is 25.0 Å². The van der Waals surface area contributed by atoms with Crippen molar-refractivity contribution in [2.45, 2.75) is 24.0 Å². The minimum absolute atomic E-state index is 0.436. The Balaban J connectivity index is 1.60. The Morgan fingerprint density at radius 2 is 1.87 bits per heavy atom. The van der Waals surface area contributed by atoms with Crippen LogP contribution in [0.4, 0.5) is 5.69 Å². The van der Waals surface area contributed by atoms with Crippen LogP contribution >= 0.6 is 11.8 Å². The summed E-state index contributed by atoms with van der Waals surface area (Å²) in [5, 5.41) is 7.61. The number of rotatable bonds is 8. The molecule has 1 aromatic carbocycles. The molecule has 0 spiro atoms. The van der Waals surface area contributed by atoms with Gasteiger partial charge in [-0.25, -0.2) is 15.0 Å². The molecule has 0 amide bonds. The zero-order chi connectivity index (χ0) is 20.8. The maximum Gasteiger partial charge on any atom is 0.246 e. The average molecular weight is 425 g/mol. The second kappa shape index (κ2) is 9.73. The monoisotopic (exact) mass is 424 g/mol. The number of hydrogen-bond donors (Lipinski definition) is 2. The predicted molar refractivity (Wildman–Crippen MR) is 117 cm³/mol. The number of anilines is 1. The van der Waals surface area contributed by atoms with Gasteiger partial charge in [0.2, 0.25) is 5.88 Å². The molecule has 9 heteroatoms. The quantitative estimate of drug-likeness (QED) is 0.415. The van der Waals surface area contributed by atoms with Gasteiger partial charge in [0.25, 0.3) is 0 Å². The van der Waals surface area contributed by atoms with Gasteiger partial charge >= 0.3 is 0 Å². The molecule has 3 heterocycles. The van der Waals surface area contributed by atoms with Crippen LogP contribution in [0.25, 0.3) is 11.4 Å². The molecule has 1 aliphatic rings. The average Bonchev–Trinajstić information content (AvgIpc) is 3.32. The summed E-state index contributed by atoms with van der Waals surface area (Å²) in [4.78, 5) is 17.8. The van der Waals surface area contributed by atoms with E-state index < -0.39 is 0 Å². The van der Waals surface area contributed by atoms with Gasteiger partial charge in [-0.3, -0.25) is 0 Å². The highest BCUT2D eigenvalue weighted by Crippen LogP contribution is 2.30. The van der Waals surface area contributed by atoms with Crippen molar-refractivity contribution in [3.63, 3.8) is 0 Å². The van der Waals surface area contributed by atoms with Crippen LogP contribution in [0, 0.1) is 0 Å². The van der Waals surface area contributed by atoms with Crippen molar-refractivity contribution in [3.8, 4) is 28.8 Å². The van der Waals surface area contributed by atoms with E-state index in [0.717, 1.165) is 36.5 Å². The Labute approximate surface area is 179 Å². The lowest BCUT2D eigenvalue weighted by Gasteiger charge is -2.16. The Kier molecular flexibility index (Phi) is 6.60. The largest absolute Gasteiger partial charge is 0.497 e.